The van der Waals surface area contributed by atoms with E-state index in [1.165, 1.54) is 6.07 Å². The monoisotopic (exact) mass is 366 g/mol. The van der Waals surface area contributed by atoms with Crippen LogP contribution in [-0.4, -0.2) is 23.2 Å². The first-order valence-corrected chi connectivity index (χ1v) is 8.38. The van der Waals surface area contributed by atoms with E-state index in [1.54, 1.807) is 37.4 Å². The summed E-state index contributed by atoms with van der Waals surface area (Å²) in [6, 6.07) is 17.2. The standard InChI is InChI=1S/C20H19FN4O2/c1-27-16-8-6-14(7-9-16)13-22-18-10-11-19(25-24-18)23-20(26)12-15-4-2-3-5-17(15)21/h2-11H,12-13H2,1H3,(H,22,24)(H,23,25,26). The normalized spacial score (nSPS) is 10.3. The van der Waals surface area contributed by atoms with E-state index in [1.807, 2.05) is 24.3 Å². The quantitative estimate of drug-likeness (QED) is 0.670. The van der Waals surface area contributed by atoms with Gasteiger partial charge in [0, 0.05) is 6.54 Å². The third-order valence-corrected chi connectivity index (χ3v) is 3.87. The second-order valence-corrected chi connectivity index (χ2v) is 5.82. The zero-order valence-corrected chi connectivity index (χ0v) is 14.8. The number of carbonyl (C=O) groups is 1. The minimum Gasteiger partial charge on any atom is -0.497 e. The van der Waals surface area contributed by atoms with Gasteiger partial charge in [-0.15, -0.1) is 10.2 Å². The van der Waals surface area contributed by atoms with E-state index in [0.717, 1.165) is 11.3 Å². The Balaban J connectivity index is 1.52. The Labute approximate surface area is 156 Å². The van der Waals surface area contributed by atoms with Gasteiger partial charge in [0.1, 0.15) is 17.4 Å². The lowest BCUT2D eigenvalue weighted by Gasteiger charge is -2.08. The molecule has 0 aliphatic carbocycles. The Morgan fingerprint density at radius 3 is 2.37 bits per heavy atom. The second-order valence-electron chi connectivity index (χ2n) is 5.82. The fourth-order valence-corrected chi connectivity index (χ4v) is 2.43. The predicted octanol–water partition coefficient (Wildman–Crippen LogP) is 3.42. The third-order valence-electron chi connectivity index (χ3n) is 3.87. The van der Waals surface area contributed by atoms with Crippen LogP contribution in [0.2, 0.25) is 0 Å². The van der Waals surface area contributed by atoms with Crippen LogP contribution < -0.4 is 15.4 Å². The zero-order chi connectivity index (χ0) is 19.1. The highest BCUT2D eigenvalue weighted by Gasteiger charge is 2.09. The summed E-state index contributed by atoms with van der Waals surface area (Å²) in [5.74, 6) is 0.934. The lowest BCUT2D eigenvalue weighted by atomic mass is 10.1. The van der Waals surface area contributed by atoms with Gasteiger partial charge < -0.3 is 15.4 Å². The van der Waals surface area contributed by atoms with Crippen molar-refractivity contribution in [2.45, 2.75) is 13.0 Å². The van der Waals surface area contributed by atoms with Crippen molar-refractivity contribution in [1.82, 2.24) is 10.2 Å². The molecule has 1 heterocycles. The van der Waals surface area contributed by atoms with Gasteiger partial charge in [-0.05, 0) is 41.5 Å². The molecule has 27 heavy (non-hydrogen) atoms. The summed E-state index contributed by atoms with van der Waals surface area (Å²) in [4.78, 5) is 12.0. The van der Waals surface area contributed by atoms with Gasteiger partial charge in [-0.25, -0.2) is 4.39 Å². The Morgan fingerprint density at radius 1 is 1.00 bits per heavy atom. The Hall–Kier alpha value is -3.48. The van der Waals surface area contributed by atoms with Crippen LogP contribution in [0.5, 0.6) is 5.75 Å². The molecule has 0 aliphatic rings. The molecule has 7 heteroatoms. The van der Waals surface area contributed by atoms with Gasteiger partial charge in [0.15, 0.2) is 5.82 Å². The predicted molar refractivity (Wildman–Crippen MR) is 101 cm³/mol. The van der Waals surface area contributed by atoms with Crippen LogP contribution in [0.15, 0.2) is 60.7 Å². The largest absolute Gasteiger partial charge is 0.497 e. The molecule has 0 aliphatic heterocycles. The van der Waals surface area contributed by atoms with Crippen molar-refractivity contribution < 1.29 is 13.9 Å². The van der Waals surface area contributed by atoms with Crippen molar-refractivity contribution in [3.05, 3.63) is 77.6 Å². The van der Waals surface area contributed by atoms with Crippen molar-refractivity contribution in [3.8, 4) is 5.75 Å². The number of benzene rings is 2. The van der Waals surface area contributed by atoms with E-state index in [-0.39, 0.29) is 12.3 Å². The Bertz CT molecular complexity index is 899. The van der Waals surface area contributed by atoms with E-state index in [2.05, 4.69) is 20.8 Å². The lowest BCUT2D eigenvalue weighted by molar-refractivity contribution is -0.115. The van der Waals surface area contributed by atoms with Gasteiger partial charge in [-0.3, -0.25) is 4.79 Å². The first-order chi connectivity index (χ1) is 13.1. The van der Waals surface area contributed by atoms with E-state index in [4.69, 9.17) is 4.74 Å². The molecule has 0 atom stereocenters. The van der Waals surface area contributed by atoms with Crippen molar-refractivity contribution in [3.63, 3.8) is 0 Å². The molecule has 2 aromatic carbocycles. The molecule has 0 unspecified atom stereocenters. The highest BCUT2D eigenvalue weighted by Crippen LogP contribution is 2.13. The summed E-state index contributed by atoms with van der Waals surface area (Å²) in [5.41, 5.74) is 1.40. The number of anilines is 2. The van der Waals surface area contributed by atoms with Gasteiger partial charge in [-0.2, -0.15) is 0 Å². The van der Waals surface area contributed by atoms with Crippen molar-refractivity contribution in [1.29, 1.82) is 0 Å². The molecule has 2 N–H and O–H groups in total. The number of halogens is 1. The number of hydrogen-bond donors (Lipinski definition) is 2. The van der Waals surface area contributed by atoms with Gasteiger partial charge in [0.2, 0.25) is 5.91 Å². The van der Waals surface area contributed by atoms with Crippen LogP contribution in [0, 0.1) is 5.82 Å². The highest BCUT2D eigenvalue weighted by molar-refractivity contribution is 5.91. The summed E-state index contributed by atoms with van der Waals surface area (Å²) in [5, 5.41) is 13.8. The summed E-state index contributed by atoms with van der Waals surface area (Å²) in [6.45, 7) is 0.581. The number of hydrogen-bond acceptors (Lipinski definition) is 5. The van der Waals surface area contributed by atoms with Gasteiger partial charge in [-0.1, -0.05) is 30.3 Å². The summed E-state index contributed by atoms with van der Waals surface area (Å²) in [6.07, 6.45) is -0.0637. The number of nitrogens with one attached hydrogen (secondary N) is 2. The number of carbonyl (C=O) groups excluding carboxylic acids is 1. The molecular weight excluding hydrogens is 347 g/mol. The third kappa shape index (κ3) is 5.24. The van der Waals surface area contributed by atoms with Crippen molar-refractivity contribution in [2.75, 3.05) is 17.7 Å². The molecular formula is C20H19FN4O2. The Kier molecular flexibility index (Phi) is 5.94. The summed E-state index contributed by atoms with van der Waals surface area (Å²) >= 11 is 0. The molecule has 0 bridgehead atoms. The topological polar surface area (TPSA) is 76.1 Å². The van der Waals surface area contributed by atoms with E-state index < -0.39 is 5.82 Å². The number of nitrogens with zero attached hydrogens (tertiary/aromatic N) is 2. The first kappa shape index (κ1) is 18.3. The second kappa shape index (κ2) is 8.75. The minimum absolute atomic E-state index is 0.0637. The fourth-order valence-electron chi connectivity index (χ4n) is 2.43. The van der Waals surface area contributed by atoms with E-state index >= 15 is 0 Å². The SMILES string of the molecule is COc1ccc(CNc2ccc(NC(=O)Cc3ccccc3F)nn2)cc1. The van der Waals surface area contributed by atoms with Crippen LogP contribution in [0.3, 0.4) is 0 Å². The smallest absolute Gasteiger partial charge is 0.230 e. The average Bonchev–Trinajstić information content (AvgIpc) is 2.69. The van der Waals surface area contributed by atoms with E-state index in [0.29, 0.717) is 23.7 Å². The molecule has 0 saturated carbocycles. The lowest BCUT2D eigenvalue weighted by Crippen LogP contribution is -2.16. The molecule has 3 aromatic rings. The number of ether oxygens (including phenoxy) is 1. The highest BCUT2D eigenvalue weighted by atomic mass is 19.1. The van der Waals surface area contributed by atoms with Crippen LogP contribution >= 0.6 is 0 Å². The number of aromatic nitrogens is 2. The summed E-state index contributed by atoms with van der Waals surface area (Å²) < 4.78 is 18.7. The van der Waals surface area contributed by atoms with Crippen LogP contribution in [0.25, 0.3) is 0 Å². The van der Waals surface area contributed by atoms with Crippen LogP contribution in [0.4, 0.5) is 16.0 Å². The maximum Gasteiger partial charge on any atom is 0.230 e. The Morgan fingerprint density at radius 2 is 1.70 bits per heavy atom. The number of methoxy groups -OCH3 is 1. The zero-order valence-electron chi connectivity index (χ0n) is 14.8. The molecule has 3 rings (SSSR count). The molecule has 0 radical (unpaired) electrons. The molecule has 0 saturated heterocycles. The van der Waals surface area contributed by atoms with Crippen molar-refractivity contribution >= 4 is 17.5 Å². The maximum absolute atomic E-state index is 13.6. The summed E-state index contributed by atoms with van der Waals surface area (Å²) in [7, 11) is 1.62. The van der Waals surface area contributed by atoms with Crippen molar-refractivity contribution in [2.24, 2.45) is 0 Å². The molecule has 1 aromatic heterocycles. The molecule has 6 nitrogen and oxygen atoms in total. The fraction of sp³-hybridized carbons (Fsp3) is 0.150. The van der Waals surface area contributed by atoms with Gasteiger partial charge in [0.25, 0.3) is 0 Å². The molecule has 0 fully saturated rings. The van der Waals surface area contributed by atoms with Crippen LogP contribution in [-0.2, 0) is 17.8 Å². The number of amides is 1. The van der Waals surface area contributed by atoms with Gasteiger partial charge in [0.05, 0.1) is 13.5 Å². The molecule has 138 valence electrons. The van der Waals surface area contributed by atoms with Gasteiger partial charge >= 0.3 is 0 Å². The molecule has 0 spiro atoms. The number of rotatable bonds is 7. The molecule has 1 amide bonds. The average molecular weight is 366 g/mol. The van der Waals surface area contributed by atoms with E-state index in [9.17, 15) is 9.18 Å². The maximum atomic E-state index is 13.6. The minimum atomic E-state index is -0.406. The van der Waals surface area contributed by atoms with Crippen LogP contribution in [0.1, 0.15) is 11.1 Å². The first-order valence-electron chi connectivity index (χ1n) is 8.38.